The Bertz CT molecular complexity index is 834. The molecular weight excluding hydrogens is 372 g/mol. The molecule has 156 valence electrons. The van der Waals surface area contributed by atoms with Gasteiger partial charge in [-0.3, -0.25) is 15.0 Å². The first kappa shape index (κ1) is 22.5. The number of rotatable bonds is 6. The predicted molar refractivity (Wildman–Crippen MR) is 109 cm³/mol. The third kappa shape index (κ3) is 5.87. The number of hydrogen-bond donors (Lipinski definition) is 4. The molecule has 2 amide bonds. The molecule has 0 atom stereocenters. The molecule has 0 saturated carbocycles. The molecule has 4 N–H and O–H groups in total. The van der Waals surface area contributed by atoms with Crippen molar-refractivity contribution in [3.05, 3.63) is 70.3 Å². The lowest BCUT2D eigenvalue weighted by Crippen LogP contribution is -2.55. The Morgan fingerprint density at radius 3 is 1.86 bits per heavy atom. The van der Waals surface area contributed by atoms with E-state index in [4.69, 9.17) is 5.11 Å². The van der Waals surface area contributed by atoms with Gasteiger partial charge in [0.2, 0.25) is 0 Å². The number of nitrogens with zero attached hydrogens (tertiary/aromatic N) is 1. The molecule has 7 nitrogen and oxygen atoms in total. The zero-order valence-electron chi connectivity index (χ0n) is 17.0. The minimum absolute atomic E-state index is 0.0284. The quantitative estimate of drug-likeness (QED) is 0.553. The van der Waals surface area contributed by atoms with Crippen LogP contribution in [-0.2, 0) is 19.6 Å². The first-order chi connectivity index (χ1) is 13.7. The Morgan fingerprint density at radius 1 is 0.862 bits per heavy atom. The van der Waals surface area contributed by atoms with E-state index in [2.05, 4.69) is 5.43 Å². The van der Waals surface area contributed by atoms with Gasteiger partial charge in [0.25, 0.3) is 11.8 Å². The molecule has 0 fully saturated rings. The molecule has 0 saturated heterocycles. The predicted octanol–water partition coefficient (Wildman–Crippen LogP) is 1.79. The van der Waals surface area contributed by atoms with Crippen molar-refractivity contribution in [2.24, 2.45) is 0 Å². The van der Waals surface area contributed by atoms with Gasteiger partial charge in [-0.25, -0.2) is 5.01 Å². The van der Waals surface area contributed by atoms with E-state index in [9.17, 15) is 19.8 Å². The molecule has 0 bridgehead atoms. The number of amides is 2. The standard InChI is InChI=1S/C22H28N2O5/c1-22(2,3)24(21(29)19-11-16(13-26)10-17(12-19)14-27)23-20(28)18-6-4-15(5-7-18)8-9-25/h4-7,10-12,25-27H,8-9,13-14H2,1-3H3,(H,23,28). The van der Waals surface area contributed by atoms with Crippen LogP contribution in [0, 0.1) is 0 Å². The van der Waals surface area contributed by atoms with Crippen LogP contribution in [0.3, 0.4) is 0 Å². The van der Waals surface area contributed by atoms with Gasteiger partial charge < -0.3 is 15.3 Å². The van der Waals surface area contributed by atoms with E-state index >= 15 is 0 Å². The first-order valence-corrected chi connectivity index (χ1v) is 9.39. The summed E-state index contributed by atoms with van der Waals surface area (Å²) in [6, 6.07) is 11.5. The number of aliphatic hydroxyl groups is 3. The van der Waals surface area contributed by atoms with Crippen molar-refractivity contribution in [1.82, 2.24) is 10.4 Å². The molecule has 0 spiro atoms. The lowest BCUT2D eigenvalue weighted by Gasteiger charge is -2.35. The van der Waals surface area contributed by atoms with Crippen LogP contribution in [-0.4, -0.2) is 44.3 Å². The van der Waals surface area contributed by atoms with E-state index in [0.29, 0.717) is 23.1 Å². The van der Waals surface area contributed by atoms with Crippen molar-refractivity contribution in [3.63, 3.8) is 0 Å². The largest absolute Gasteiger partial charge is 0.396 e. The fraction of sp³-hybridized carbons (Fsp3) is 0.364. The summed E-state index contributed by atoms with van der Waals surface area (Å²) in [5.74, 6) is -0.891. The zero-order chi connectivity index (χ0) is 21.6. The van der Waals surface area contributed by atoms with Crippen LogP contribution >= 0.6 is 0 Å². The molecule has 29 heavy (non-hydrogen) atoms. The number of hydrazine groups is 1. The number of hydrogen-bond acceptors (Lipinski definition) is 5. The van der Waals surface area contributed by atoms with Gasteiger partial charge >= 0.3 is 0 Å². The third-order valence-corrected chi connectivity index (χ3v) is 4.37. The number of benzene rings is 2. The van der Waals surface area contributed by atoms with Crippen molar-refractivity contribution >= 4 is 11.8 Å². The molecule has 0 radical (unpaired) electrons. The fourth-order valence-corrected chi connectivity index (χ4v) is 2.84. The second-order valence-corrected chi connectivity index (χ2v) is 7.78. The van der Waals surface area contributed by atoms with E-state index in [0.717, 1.165) is 5.56 Å². The molecule has 0 aliphatic carbocycles. The van der Waals surface area contributed by atoms with Crippen molar-refractivity contribution in [1.29, 1.82) is 0 Å². The maximum atomic E-state index is 13.2. The summed E-state index contributed by atoms with van der Waals surface area (Å²) in [6.45, 7) is 4.86. The van der Waals surface area contributed by atoms with E-state index in [1.807, 2.05) is 0 Å². The molecule has 0 aliphatic rings. The van der Waals surface area contributed by atoms with Crippen molar-refractivity contribution in [2.75, 3.05) is 6.61 Å². The molecule has 0 aromatic heterocycles. The number of carbonyl (C=O) groups is 2. The third-order valence-electron chi connectivity index (χ3n) is 4.37. The second-order valence-electron chi connectivity index (χ2n) is 7.78. The van der Waals surface area contributed by atoms with Crippen LogP contribution in [0.1, 0.15) is 58.2 Å². The van der Waals surface area contributed by atoms with E-state index in [-0.39, 0.29) is 25.4 Å². The molecule has 2 aromatic carbocycles. The van der Waals surface area contributed by atoms with Crippen molar-refractivity contribution < 1.29 is 24.9 Å². The normalized spacial score (nSPS) is 11.2. The maximum absolute atomic E-state index is 13.2. The van der Waals surface area contributed by atoms with Crippen LogP contribution in [0.4, 0.5) is 0 Å². The van der Waals surface area contributed by atoms with Crippen molar-refractivity contribution in [2.45, 2.75) is 45.9 Å². The van der Waals surface area contributed by atoms with Gasteiger partial charge in [0, 0.05) is 17.7 Å². The van der Waals surface area contributed by atoms with E-state index in [1.54, 1.807) is 51.1 Å². The molecule has 0 unspecified atom stereocenters. The van der Waals surface area contributed by atoms with Gasteiger partial charge in [0.15, 0.2) is 0 Å². The van der Waals surface area contributed by atoms with Crippen LogP contribution in [0.25, 0.3) is 0 Å². The Balaban J connectivity index is 2.30. The van der Waals surface area contributed by atoms with Crippen LogP contribution in [0.15, 0.2) is 42.5 Å². The summed E-state index contributed by atoms with van der Waals surface area (Å²) in [4.78, 5) is 25.9. The average molecular weight is 400 g/mol. The monoisotopic (exact) mass is 400 g/mol. The second kappa shape index (κ2) is 9.65. The van der Waals surface area contributed by atoms with E-state index < -0.39 is 17.4 Å². The number of carbonyl (C=O) groups excluding carboxylic acids is 2. The molecule has 2 aromatic rings. The van der Waals surface area contributed by atoms with Gasteiger partial charge in [-0.1, -0.05) is 18.2 Å². The Kier molecular flexibility index (Phi) is 7.50. The SMILES string of the molecule is CC(C)(C)N(NC(=O)c1ccc(CCO)cc1)C(=O)c1cc(CO)cc(CO)c1. The minimum Gasteiger partial charge on any atom is -0.396 e. The Hall–Kier alpha value is -2.74. The van der Waals surface area contributed by atoms with Gasteiger partial charge in [-0.15, -0.1) is 0 Å². The van der Waals surface area contributed by atoms with Crippen LogP contribution < -0.4 is 5.43 Å². The molecule has 7 heteroatoms. The topological polar surface area (TPSA) is 110 Å². The summed E-state index contributed by atoms with van der Waals surface area (Å²) in [6.07, 6.45) is 0.503. The number of nitrogens with one attached hydrogen (secondary N) is 1. The smallest absolute Gasteiger partial charge is 0.272 e. The Labute approximate surface area is 170 Å². The number of aliphatic hydroxyl groups excluding tert-OH is 3. The lowest BCUT2D eigenvalue weighted by molar-refractivity contribution is 0.0358. The average Bonchev–Trinajstić information content (AvgIpc) is 2.70. The van der Waals surface area contributed by atoms with Crippen LogP contribution in [0.5, 0.6) is 0 Å². The van der Waals surface area contributed by atoms with Gasteiger partial charge in [0.1, 0.15) is 0 Å². The van der Waals surface area contributed by atoms with Gasteiger partial charge in [0.05, 0.1) is 18.8 Å². The molecule has 2 rings (SSSR count). The lowest BCUT2D eigenvalue weighted by atomic mass is 10.0. The van der Waals surface area contributed by atoms with Crippen molar-refractivity contribution in [3.8, 4) is 0 Å². The van der Waals surface area contributed by atoms with Crippen LogP contribution in [0.2, 0.25) is 0 Å². The molecule has 0 heterocycles. The fourth-order valence-electron chi connectivity index (χ4n) is 2.84. The molecular formula is C22H28N2O5. The highest BCUT2D eigenvalue weighted by molar-refractivity contribution is 5.99. The summed E-state index contributed by atoms with van der Waals surface area (Å²) in [5.41, 5.74) is 4.49. The zero-order valence-corrected chi connectivity index (χ0v) is 17.0. The summed E-state index contributed by atoms with van der Waals surface area (Å²) in [7, 11) is 0. The van der Waals surface area contributed by atoms with Gasteiger partial charge in [-0.2, -0.15) is 0 Å². The summed E-state index contributed by atoms with van der Waals surface area (Å²) >= 11 is 0. The maximum Gasteiger partial charge on any atom is 0.272 e. The Morgan fingerprint density at radius 2 is 1.41 bits per heavy atom. The highest BCUT2D eigenvalue weighted by atomic mass is 16.3. The first-order valence-electron chi connectivity index (χ1n) is 9.39. The minimum atomic E-state index is -0.724. The summed E-state index contributed by atoms with van der Waals surface area (Å²) in [5, 5.41) is 29.1. The highest BCUT2D eigenvalue weighted by Crippen LogP contribution is 2.19. The van der Waals surface area contributed by atoms with Gasteiger partial charge in [-0.05, 0) is 68.1 Å². The highest BCUT2D eigenvalue weighted by Gasteiger charge is 2.30. The summed E-state index contributed by atoms with van der Waals surface area (Å²) < 4.78 is 0. The van der Waals surface area contributed by atoms with E-state index in [1.165, 1.54) is 17.1 Å². The molecule has 0 aliphatic heterocycles.